The van der Waals surface area contributed by atoms with Gasteiger partial charge in [0.15, 0.2) is 5.38 Å². The van der Waals surface area contributed by atoms with Gasteiger partial charge >= 0.3 is 12.1 Å². The van der Waals surface area contributed by atoms with Crippen LogP contribution < -0.4 is 5.32 Å². The van der Waals surface area contributed by atoms with Crippen molar-refractivity contribution >= 4 is 29.2 Å². The number of nitrogens with one attached hydrogen (secondary N) is 1. The van der Waals surface area contributed by atoms with E-state index in [9.17, 15) is 36.6 Å². The van der Waals surface area contributed by atoms with E-state index in [0.29, 0.717) is 25.3 Å². The molecule has 128 valence electrons. The molecule has 23 heavy (non-hydrogen) atoms. The summed E-state index contributed by atoms with van der Waals surface area (Å²) in [6.07, 6.45) is -5.66. The van der Waals surface area contributed by atoms with Crippen LogP contribution in [0.3, 0.4) is 0 Å². The highest BCUT2D eigenvalue weighted by atomic mass is 35.5. The number of hydrogen-bond acceptors (Lipinski definition) is 4. The van der Waals surface area contributed by atoms with Crippen LogP contribution in [0.4, 0.5) is 27.6 Å². The van der Waals surface area contributed by atoms with Crippen LogP contribution in [0.15, 0.2) is 18.2 Å². The fraction of sp³-hybridized carbons (Fsp3) is 0.333. The Balaban J connectivity index is 3.14. The lowest BCUT2D eigenvalue weighted by atomic mass is 9.97. The third kappa shape index (κ3) is 3.70. The van der Waals surface area contributed by atoms with Gasteiger partial charge in [-0.25, -0.2) is 13.6 Å². The largest absolute Gasteiger partial charge is 0.467 e. The predicted molar refractivity (Wildman–Crippen MR) is 67.6 cm³/mol. The standard InChI is InChI=1S/C12H9ClF5NO4/c1-23-10(21)11(22,12(16,17)18)8(13)9(20)19-7-4-5(14)2-3-6(7)15/h2-4,8,22H,1H3,(H,19,20). The van der Waals surface area contributed by atoms with Crippen molar-refractivity contribution in [2.24, 2.45) is 0 Å². The Kier molecular flexibility index (Phi) is 5.54. The van der Waals surface area contributed by atoms with Gasteiger partial charge in [0.05, 0.1) is 12.8 Å². The number of rotatable bonds is 4. The van der Waals surface area contributed by atoms with Gasteiger partial charge in [0.25, 0.3) is 5.60 Å². The summed E-state index contributed by atoms with van der Waals surface area (Å²) in [5.74, 6) is -6.19. The number of methoxy groups -OCH3 is 1. The van der Waals surface area contributed by atoms with Crippen molar-refractivity contribution in [2.75, 3.05) is 12.4 Å². The van der Waals surface area contributed by atoms with Crippen LogP contribution in [0.25, 0.3) is 0 Å². The van der Waals surface area contributed by atoms with E-state index in [1.165, 1.54) is 0 Å². The van der Waals surface area contributed by atoms with Crippen LogP contribution >= 0.6 is 11.6 Å². The van der Waals surface area contributed by atoms with Gasteiger partial charge in [-0.15, -0.1) is 11.6 Å². The predicted octanol–water partition coefficient (Wildman–Crippen LogP) is 1.98. The van der Waals surface area contributed by atoms with Crippen molar-refractivity contribution in [3.05, 3.63) is 29.8 Å². The summed E-state index contributed by atoms with van der Waals surface area (Å²) in [5, 5.41) is 8.13. The average molecular weight is 362 g/mol. The average Bonchev–Trinajstić information content (AvgIpc) is 2.47. The lowest BCUT2D eigenvalue weighted by molar-refractivity contribution is -0.260. The summed E-state index contributed by atoms with van der Waals surface area (Å²) in [5.41, 5.74) is -5.20. The smallest absolute Gasteiger partial charge is 0.430 e. The number of anilines is 1. The number of amides is 1. The Morgan fingerprint density at radius 2 is 1.87 bits per heavy atom. The van der Waals surface area contributed by atoms with Gasteiger partial charge in [-0.1, -0.05) is 0 Å². The molecule has 1 rings (SSSR count). The Morgan fingerprint density at radius 3 is 2.35 bits per heavy atom. The van der Waals surface area contributed by atoms with Gasteiger partial charge in [0.2, 0.25) is 5.91 Å². The van der Waals surface area contributed by atoms with Gasteiger partial charge < -0.3 is 15.2 Å². The Morgan fingerprint density at radius 1 is 1.30 bits per heavy atom. The number of carbonyl (C=O) groups excluding carboxylic acids is 2. The van der Waals surface area contributed by atoms with Crippen LogP contribution in [0.5, 0.6) is 0 Å². The maximum absolute atomic E-state index is 13.3. The Bertz CT molecular complexity index is 624. The summed E-state index contributed by atoms with van der Waals surface area (Å²) in [4.78, 5) is 22.9. The Hall–Kier alpha value is -1.94. The zero-order valence-electron chi connectivity index (χ0n) is 11.2. The molecule has 0 heterocycles. The topological polar surface area (TPSA) is 75.6 Å². The van der Waals surface area contributed by atoms with E-state index in [4.69, 9.17) is 11.6 Å². The van der Waals surface area contributed by atoms with Crippen LogP contribution in [0.2, 0.25) is 0 Å². The quantitative estimate of drug-likeness (QED) is 0.488. The number of aliphatic hydroxyl groups is 1. The van der Waals surface area contributed by atoms with E-state index in [2.05, 4.69) is 4.74 Å². The maximum Gasteiger partial charge on any atom is 0.430 e. The maximum atomic E-state index is 13.3. The lowest BCUT2D eigenvalue weighted by Crippen LogP contribution is -2.62. The molecule has 2 unspecified atom stereocenters. The molecule has 0 saturated carbocycles. The summed E-state index contributed by atoms with van der Waals surface area (Å²) in [7, 11) is 0.535. The monoisotopic (exact) mass is 361 g/mol. The molecule has 0 aliphatic carbocycles. The molecule has 5 nitrogen and oxygen atoms in total. The van der Waals surface area contributed by atoms with Crippen molar-refractivity contribution in [1.29, 1.82) is 0 Å². The van der Waals surface area contributed by atoms with Gasteiger partial charge in [0.1, 0.15) is 11.6 Å². The summed E-state index contributed by atoms with van der Waals surface area (Å²) in [6.45, 7) is 0. The number of ether oxygens (including phenoxy) is 1. The SMILES string of the molecule is COC(=O)C(O)(C(Cl)C(=O)Nc1cc(F)ccc1F)C(F)(F)F. The number of hydrogen-bond donors (Lipinski definition) is 2. The molecule has 0 bridgehead atoms. The van der Waals surface area contributed by atoms with Crippen molar-refractivity contribution in [1.82, 2.24) is 0 Å². The van der Waals surface area contributed by atoms with Crippen molar-refractivity contribution < 1.29 is 41.4 Å². The first kappa shape index (κ1) is 19.1. The van der Waals surface area contributed by atoms with Crippen LogP contribution in [-0.4, -0.2) is 41.2 Å². The normalized spacial score (nSPS) is 15.5. The number of carbonyl (C=O) groups is 2. The zero-order valence-corrected chi connectivity index (χ0v) is 12.0. The van der Waals surface area contributed by atoms with Gasteiger partial charge in [-0.2, -0.15) is 13.2 Å². The second-order valence-electron chi connectivity index (χ2n) is 4.23. The number of halogens is 6. The fourth-order valence-corrected chi connectivity index (χ4v) is 1.76. The summed E-state index contributed by atoms with van der Waals surface area (Å²) in [6, 6.07) is 1.77. The molecule has 0 saturated heterocycles. The molecular weight excluding hydrogens is 353 g/mol. The molecule has 2 atom stereocenters. The third-order valence-corrected chi connectivity index (χ3v) is 3.23. The molecular formula is C12H9ClF5NO4. The summed E-state index contributed by atoms with van der Waals surface area (Å²) >= 11 is 5.24. The first-order valence-electron chi connectivity index (χ1n) is 5.72. The minimum absolute atomic E-state index is 0.474. The molecule has 0 fully saturated rings. The molecule has 0 aliphatic heterocycles. The first-order chi connectivity index (χ1) is 10.4. The van der Waals surface area contributed by atoms with E-state index in [1.54, 1.807) is 5.32 Å². The second kappa shape index (κ2) is 6.67. The van der Waals surface area contributed by atoms with Gasteiger partial charge in [-0.05, 0) is 12.1 Å². The first-order valence-corrected chi connectivity index (χ1v) is 6.16. The van der Waals surface area contributed by atoms with E-state index >= 15 is 0 Å². The molecule has 11 heteroatoms. The minimum Gasteiger partial charge on any atom is -0.467 e. The van der Waals surface area contributed by atoms with E-state index in [0.717, 1.165) is 0 Å². The number of benzene rings is 1. The number of esters is 1. The van der Waals surface area contributed by atoms with E-state index in [1.807, 2.05) is 0 Å². The van der Waals surface area contributed by atoms with E-state index in [-0.39, 0.29) is 0 Å². The highest BCUT2D eigenvalue weighted by Gasteiger charge is 2.67. The summed E-state index contributed by atoms with van der Waals surface area (Å²) < 4.78 is 68.8. The molecule has 0 radical (unpaired) electrons. The van der Waals surface area contributed by atoms with Crippen LogP contribution in [0, 0.1) is 11.6 Å². The van der Waals surface area contributed by atoms with Gasteiger partial charge in [-0.3, -0.25) is 4.79 Å². The Labute approximate surface area is 131 Å². The third-order valence-electron chi connectivity index (χ3n) is 2.71. The molecule has 2 N–H and O–H groups in total. The van der Waals surface area contributed by atoms with Crippen LogP contribution in [0.1, 0.15) is 0 Å². The van der Waals surface area contributed by atoms with Crippen molar-refractivity contribution in [3.63, 3.8) is 0 Å². The molecule has 1 amide bonds. The molecule has 0 aromatic heterocycles. The highest BCUT2D eigenvalue weighted by molar-refractivity contribution is 6.35. The molecule has 1 aromatic rings. The molecule has 1 aromatic carbocycles. The lowest BCUT2D eigenvalue weighted by Gasteiger charge is -2.30. The highest BCUT2D eigenvalue weighted by Crippen LogP contribution is 2.37. The zero-order chi connectivity index (χ0) is 18.0. The van der Waals surface area contributed by atoms with Crippen molar-refractivity contribution in [2.45, 2.75) is 17.2 Å². The fourth-order valence-electron chi connectivity index (χ4n) is 1.50. The molecule has 0 spiro atoms. The minimum atomic E-state index is -5.66. The second-order valence-corrected chi connectivity index (χ2v) is 4.67. The molecule has 0 aliphatic rings. The number of alkyl halides is 4. The van der Waals surface area contributed by atoms with E-state index < -0.39 is 46.4 Å². The van der Waals surface area contributed by atoms with Crippen LogP contribution in [-0.2, 0) is 14.3 Å². The van der Waals surface area contributed by atoms with Crippen molar-refractivity contribution in [3.8, 4) is 0 Å². The van der Waals surface area contributed by atoms with Gasteiger partial charge in [0, 0.05) is 6.07 Å².